The Balaban J connectivity index is 1.87. The number of nitrogens with one attached hydrogen (secondary N) is 1. The van der Waals surface area contributed by atoms with Gasteiger partial charge in [0.1, 0.15) is 11.5 Å². The molecule has 0 aromatic heterocycles. The van der Waals surface area contributed by atoms with Crippen molar-refractivity contribution in [2.75, 3.05) is 6.26 Å². The number of halogens is 1. The fourth-order valence-electron chi connectivity index (χ4n) is 4.16. The summed E-state index contributed by atoms with van der Waals surface area (Å²) in [6.45, 7) is 4.32. The van der Waals surface area contributed by atoms with Crippen LogP contribution in [0.15, 0.2) is 47.5 Å². The highest BCUT2D eigenvalue weighted by Crippen LogP contribution is 2.50. The number of ether oxygens (including phenoxy) is 1. The third-order valence-corrected chi connectivity index (χ3v) is 6.06. The quantitative estimate of drug-likeness (QED) is 0.692. The van der Waals surface area contributed by atoms with Crippen LogP contribution in [-0.2, 0) is 0 Å². The first kappa shape index (κ1) is 18.5. The van der Waals surface area contributed by atoms with Gasteiger partial charge in [-0.3, -0.25) is 0 Å². The van der Waals surface area contributed by atoms with Gasteiger partial charge in [0, 0.05) is 41.0 Å². The number of thioether (sulfide) groups is 1. The Kier molecular flexibility index (Phi) is 4.55. The van der Waals surface area contributed by atoms with Crippen molar-refractivity contribution < 1.29 is 9.84 Å². The lowest BCUT2D eigenvalue weighted by Gasteiger charge is -2.47. The maximum absolute atomic E-state index is 10.0. The summed E-state index contributed by atoms with van der Waals surface area (Å²) in [6, 6.07) is 13.2. The highest BCUT2D eigenvalue weighted by molar-refractivity contribution is 8.13. The highest BCUT2D eigenvalue weighted by Gasteiger charge is 2.48. The second-order valence-corrected chi connectivity index (χ2v) is 9.06. The number of rotatable bonds is 1. The molecule has 2 atom stereocenters. The topological polar surface area (TPSA) is 53.9 Å². The number of fused-ring (bicyclic) bond motifs is 1. The molecule has 0 saturated carbocycles. The largest absolute Gasteiger partial charge is 0.508 e. The number of amidine groups is 1. The molecule has 0 saturated heterocycles. The van der Waals surface area contributed by atoms with Gasteiger partial charge < -0.3 is 15.2 Å². The summed E-state index contributed by atoms with van der Waals surface area (Å²) in [4.78, 5) is 4.94. The van der Waals surface area contributed by atoms with Crippen molar-refractivity contribution in [3.8, 4) is 11.5 Å². The SMILES string of the molecule is CSC1=N[C@@]2(C[C@H](c3ccccc3Cl)c3ccc(O)cc3O2)CC(C)(C)N1. The zero-order chi connectivity index (χ0) is 19.2. The van der Waals surface area contributed by atoms with E-state index in [1.165, 1.54) is 0 Å². The molecule has 0 bridgehead atoms. The highest BCUT2D eigenvalue weighted by atomic mass is 35.5. The van der Waals surface area contributed by atoms with Crippen LogP contribution in [0.5, 0.6) is 11.5 Å². The summed E-state index contributed by atoms with van der Waals surface area (Å²) in [5.74, 6) is 0.905. The first-order chi connectivity index (χ1) is 12.8. The van der Waals surface area contributed by atoms with Crippen molar-refractivity contribution in [3.63, 3.8) is 0 Å². The number of phenolic OH excluding ortho intramolecular Hbond substituents is 1. The molecule has 0 amide bonds. The average molecular weight is 403 g/mol. The molecule has 2 aliphatic rings. The first-order valence-electron chi connectivity index (χ1n) is 8.99. The molecule has 0 radical (unpaired) electrons. The van der Waals surface area contributed by atoms with E-state index in [0.717, 1.165) is 27.7 Å². The lowest BCUT2D eigenvalue weighted by molar-refractivity contribution is 0.0134. The van der Waals surface area contributed by atoms with Crippen LogP contribution < -0.4 is 10.1 Å². The third kappa shape index (κ3) is 3.50. The zero-order valence-electron chi connectivity index (χ0n) is 15.6. The van der Waals surface area contributed by atoms with Crippen LogP contribution in [0, 0.1) is 0 Å². The predicted molar refractivity (Wildman–Crippen MR) is 112 cm³/mol. The van der Waals surface area contributed by atoms with Crippen LogP contribution in [-0.4, -0.2) is 27.8 Å². The smallest absolute Gasteiger partial charge is 0.206 e. The predicted octanol–water partition coefficient (Wildman–Crippen LogP) is 5.15. The summed E-state index contributed by atoms with van der Waals surface area (Å²) in [7, 11) is 0. The van der Waals surface area contributed by atoms with E-state index in [1.54, 1.807) is 23.9 Å². The van der Waals surface area contributed by atoms with Crippen molar-refractivity contribution in [3.05, 3.63) is 58.6 Å². The standard InChI is InChI=1S/C21H23ClN2O2S/c1-20(2)12-21(24-19(23-20)27-3)11-16(14-6-4-5-7-17(14)22)15-9-8-13(25)10-18(15)26-21/h4-10,16,25H,11-12H2,1-3H3,(H,23,24)/t16-,21-/m1/s1. The normalized spacial score (nSPS) is 25.9. The van der Waals surface area contributed by atoms with E-state index in [9.17, 15) is 5.11 Å². The molecule has 2 heterocycles. The Morgan fingerprint density at radius 1 is 1.22 bits per heavy atom. The van der Waals surface area contributed by atoms with Crippen molar-refractivity contribution in [1.82, 2.24) is 5.32 Å². The Morgan fingerprint density at radius 3 is 2.74 bits per heavy atom. The number of nitrogens with zero attached hydrogens (tertiary/aromatic N) is 1. The Hall–Kier alpha value is -1.85. The maximum atomic E-state index is 10.0. The van der Waals surface area contributed by atoms with E-state index in [-0.39, 0.29) is 17.2 Å². The van der Waals surface area contributed by atoms with Crippen LogP contribution in [0.3, 0.4) is 0 Å². The second kappa shape index (κ2) is 6.64. The molecule has 27 heavy (non-hydrogen) atoms. The zero-order valence-corrected chi connectivity index (χ0v) is 17.2. The van der Waals surface area contributed by atoms with Gasteiger partial charge in [0.05, 0.1) is 0 Å². The molecule has 2 aliphatic heterocycles. The minimum Gasteiger partial charge on any atom is -0.508 e. The Labute approximate surface area is 169 Å². The van der Waals surface area contributed by atoms with Gasteiger partial charge in [-0.1, -0.05) is 47.6 Å². The molecule has 0 aliphatic carbocycles. The van der Waals surface area contributed by atoms with Gasteiger partial charge in [0.15, 0.2) is 5.17 Å². The van der Waals surface area contributed by atoms with Crippen molar-refractivity contribution in [1.29, 1.82) is 0 Å². The maximum Gasteiger partial charge on any atom is 0.206 e. The van der Waals surface area contributed by atoms with E-state index < -0.39 is 5.72 Å². The minimum atomic E-state index is -0.697. The van der Waals surface area contributed by atoms with Crippen LogP contribution in [0.25, 0.3) is 0 Å². The van der Waals surface area contributed by atoms with E-state index in [2.05, 4.69) is 25.2 Å². The molecule has 0 fully saturated rings. The van der Waals surface area contributed by atoms with Gasteiger partial charge in [0.25, 0.3) is 0 Å². The molecule has 4 nitrogen and oxygen atoms in total. The molecule has 6 heteroatoms. The van der Waals surface area contributed by atoms with Gasteiger partial charge in [-0.2, -0.15) is 0 Å². The van der Waals surface area contributed by atoms with E-state index in [4.69, 9.17) is 21.3 Å². The summed E-state index contributed by atoms with van der Waals surface area (Å²) >= 11 is 8.14. The van der Waals surface area contributed by atoms with E-state index >= 15 is 0 Å². The Bertz CT molecular complexity index is 915. The molecule has 4 rings (SSSR count). The third-order valence-electron chi connectivity index (χ3n) is 5.14. The number of benzene rings is 2. The van der Waals surface area contributed by atoms with Crippen LogP contribution in [0.2, 0.25) is 5.02 Å². The molecule has 142 valence electrons. The number of aliphatic imine (C=N–C) groups is 1. The lowest BCUT2D eigenvalue weighted by atomic mass is 9.77. The number of hydrogen-bond acceptors (Lipinski definition) is 5. The van der Waals surface area contributed by atoms with Gasteiger partial charge in [-0.25, -0.2) is 4.99 Å². The molecular weight excluding hydrogens is 380 g/mol. The lowest BCUT2D eigenvalue weighted by Crippen LogP contribution is -2.56. The van der Waals surface area contributed by atoms with Crippen molar-refractivity contribution in [2.24, 2.45) is 4.99 Å². The number of phenols is 1. The van der Waals surface area contributed by atoms with Crippen LogP contribution >= 0.6 is 23.4 Å². The second-order valence-electron chi connectivity index (χ2n) is 7.86. The van der Waals surface area contributed by atoms with Gasteiger partial charge >= 0.3 is 0 Å². The van der Waals surface area contributed by atoms with Gasteiger partial charge in [-0.05, 0) is 37.8 Å². The van der Waals surface area contributed by atoms with Crippen LogP contribution in [0.1, 0.15) is 43.7 Å². The summed E-state index contributed by atoms with van der Waals surface area (Å²) < 4.78 is 6.46. The molecule has 0 unspecified atom stereocenters. The monoisotopic (exact) mass is 402 g/mol. The number of aromatic hydroxyl groups is 1. The number of hydrogen-bond donors (Lipinski definition) is 2. The van der Waals surface area contributed by atoms with Gasteiger partial charge in [0.2, 0.25) is 5.72 Å². The molecule has 2 aromatic carbocycles. The summed E-state index contributed by atoms with van der Waals surface area (Å²) in [6.07, 6.45) is 3.43. The van der Waals surface area contributed by atoms with Crippen molar-refractivity contribution >= 4 is 28.5 Å². The molecule has 2 N–H and O–H groups in total. The first-order valence-corrected chi connectivity index (χ1v) is 10.6. The van der Waals surface area contributed by atoms with E-state index in [1.807, 2.05) is 30.5 Å². The molecule has 1 spiro atoms. The molecular formula is C21H23ClN2O2S. The fourth-order valence-corrected chi connectivity index (χ4v) is 5.06. The summed E-state index contributed by atoms with van der Waals surface area (Å²) in [5.41, 5.74) is 1.24. The average Bonchev–Trinajstić information content (AvgIpc) is 2.59. The Morgan fingerprint density at radius 2 is 2.00 bits per heavy atom. The van der Waals surface area contributed by atoms with Gasteiger partial charge in [-0.15, -0.1) is 0 Å². The van der Waals surface area contributed by atoms with Crippen LogP contribution in [0.4, 0.5) is 0 Å². The minimum absolute atomic E-state index is 0.0452. The summed E-state index contributed by atoms with van der Waals surface area (Å²) in [5, 5.41) is 15.1. The van der Waals surface area contributed by atoms with Crippen molar-refractivity contribution in [2.45, 2.75) is 43.9 Å². The fraction of sp³-hybridized carbons (Fsp3) is 0.381. The molecule has 2 aromatic rings. The van der Waals surface area contributed by atoms with E-state index in [0.29, 0.717) is 12.2 Å².